The predicted molar refractivity (Wildman–Crippen MR) is 98.7 cm³/mol. The third-order valence-electron chi connectivity index (χ3n) is 3.99. The first-order valence-corrected chi connectivity index (χ1v) is 11.6. The summed E-state index contributed by atoms with van der Waals surface area (Å²) < 4.78 is 53.2. The van der Waals surface area contributed by atoms with Crippen LogP contribution in [0, 0.1) is 0 Å². The molecule has 1 aliphatic heterocycles. The first kappa shape index (κ1) is 20.6. The lowest BCUT2D eigenvalue weighted by molar-refractivity contribution is 0.356. The van der Waals surface area contributed by atoms with Crippen LogP contribution < -0.4 is 5.32 Å². The Bertz CT molecular complexity index is 760. The molecule has 1 aromatic rings. The first-order valence-electron chi connectivity index (χ1n) is 8.21. The number of rotatable bonds is 8. The van der Waals surface area contributed by atoms with Crippen LogP contribution in [0.15, 0.2) is 29.2 Å². The van der Waals surface area contributed by atoms with Crippen molar-refractivity contribution in [1.82, 2.24) is 13.9 Å². The van der Waals surface area contributed by atoms with Gasteiger partial charge in [0.25, 0.3) is 0 Å². The lowest BCUT2D eigenvalue weighted by Crippen LogP contribution is -2.48. The van der Waals surface area contributed by atoms with Crippen LogP contribution in [0.5, 0.6) is 0 Å². The van der Waals surface area contributed by atoms with E-state index in [4.69, 9.17) is 11.6 Å². The van der Waals surface area contributed by atoms with E-state index in [0.29, 0.717) is 37.6 Å². The Balaban J connectivity index is 2.13. The van der Waals surface area contributed by atoms with Gasteiger partial charge >= 0.3 is 0 Å². The highest BCUT2D eigenvalue weighted by Crippen LogP contribution is 2.19. The molecule has 1 aliphatic rings. The number of benzene rings is 1. The van der Waals surface area contributed by atoms with Crippen LogP contribution in [0.4, 0.5) is 0 Å². The molecule has 0 amide bonds. The molecular weight excluding hydrogens is 386 g/mol. The SMILES string of the molecule is CCCN(CCS(=O)(=O)N1CCNCC1)S(=O)(=O)c1ccc(Cl)cc1. The average molecular weight is 410 g/mol. The Hall–Kier alpha value is -0.710. The van der Waals surface area contributed by atoms with E-state index in [1.807, 2.05) is 6.92 Å². The minimum Gasteiger partial charge on any atom is -0.314 e. The highest BCUT2D eigenvalue weighted by atomic mass is 35.5. The predicted octanol–water partition coefficient (Wildman–Crippen LogP) is 0.976. The smallest absolute Gasteiger partial charge is 0.243 e. The van der Waals surface area contributed by atoms with Gasteiger partial charge in [0.05, 0.1) is 10.6 Å². The van der Waals surface area contributed by atoms with Crippen molar-refractivity contribution in [3.8, 4) is 0 Å². The van der Waals surface area contributed by atoms with Gasteiger partial charge in [-0.1, -0.05) is 18.5 Å². The molecule has 0 atom stereocenters. The Labute approximate surface area is 155 Å². The Morgan fingerprint density at radius 2 is 1.68 bits per heavy atom. The Kier molecular flexibility index (Phi) is 7.24. The van der Waals surface area contributed by atoms with Gasteiger partial charge in [-0.05, 0) is 30.7 Å². The lowest BCUT2D eigenvalue weighted by atomic mass is 10.4. The van der Waals surface area contributed by atoms with E-state index in [-0.39, 0.29) is 23.7 Å². The van der Waals surface area contributed by atoms with Gasteiger partial charge in [0, 0.05) is 44.3 Å². The normalized spacial score (nSPS) is 17.1. The van der Waals surface area contributed by atoms with Crippen molar-refractivity contribution < 1.29 is 16.8 Å². The largest absolute Gasteiger partial charge is 0.314 e. The van der Waals surface area contributed by atoms with Gasteiger partial charge in [-0.15, -0.1) is 0 Å². The third-order valence-corrected chi connectivity index (χ3v) is 8.01. The van der Waals surface area contributed by atoms with Gasteiger partial charge in [-0.2, -0.15) is 8.61 Å². The molecule has 0 unspecified atom stereocenters. The highest BCUT2D eigenvalue weighted by Gasteiger charge is 2.28. The summed E-state index contributed by atoms with van der Waals surface area (Å²) in [6.07, 6.45) is 0.598. The molecule has 2 rings (SSSR count). The molecular formula is C15H24ClN3O4S2. The van der Waals surface area contributed by atoms with E-state index in [0.717, 1.165) is 0 Å². The molecule has 1 saturated heterocycles. The maximum absolute atomic E-state index is 12.8. The van der Waals surface area contributed by atoms with Crippen molar-refractivity contribution in [2.24, 2.45) is 0 Å². The summed E-state index contributed by atoms with van der Waals surface area (Å²) in [4.78, 5) is 0.116. The number of sulfonamides is 2. The summed E-state index contributed by atoms with van der Waals surface area (Å²) in [5.74, 6) is -0.222. The van der Waals surface area contributed by atoms with Gasteiger partial charge in [0.2, 0.25) is 20.0 Å². The van der Waals surface area contributed by atoms with E-state index in [1.54, 1.807) is 0 Å². The van der Waals surface area contributed by atoms with Crippen molar-refractivity contribution in [2.75, 3.05) is 45.0 Å². The number of hydrogen-bond donors (Lipinski definition) is 1. The maximum atomic E-state index is 12.8. The number of hydrogen-bond acceptors (Lipinski definition) is 5. The first-order chi connectivity index (χ1) is 11.8. The summed E-state index contributed by atoms with van der Waals surface area (Å²) in [5.41, 5.74) is 0. The van der Waals surface area contributed by atoms with Crippen molar-refractivity contribution in [3.63, 3.8) is 0 Å². The number of nitrogens with zero attached hydrogens (tertiary/aromatic N) is 2. The van der Waals surface area contributed by atoms with Crippen LogP contribution in [0.2, 0.25) is 5.02 Å². The minimum atomic E-state index is -3.75. The van der Waals surface area contributed by atoms with Crippen molar-refractivity contribution >= 4 is 31.6 Å². The Morgan fingerprint density at radius 3 is 2.24 bits per heavy atom. The van der Waals surface area contributed by atoms with Crippen LogP contribution in [0.25, 0.3) is 0 Å². The standard InChI is InChI=1S/C15H24ClN3O4S2/c1-2-9-19(25(22,23)15-5-3-14(16)4-6-15)12-13-24(20,21)18-10-7-17-8-11-18/h3-6,17H,2,7-13H2,1H3. The van der Waals surface area contributed by atoms with Gasteiger partial charge in [0.1, 0.15) is 0 Å². The second-order valence-electron chi connectivity index (χ2n) is 5.82. The molecule has 1 fully saturated rings. The third kappa shape index (κ3) is 5.38. The van der Waals surface area contributed by atoms with E-state index < -0.39 is 20.0 Å². The molecule has 0 radical (unpaired) electrons. The molecule has 0 aliphatic carbocycles. The lowest BCUT2D eigenvalue weighted by Gasteiger charge is -2.28. The van der Waals surface area contributed by atoms with Crippen LogP contribution >= 0.6 is 11.6 Å². The molecule has 0 spiro atoms. The quantitative estimate of drug-likeness (QED) is 0.691. The van der Waals surface area contributed by atoms with Gasteiger partial charge in [-0.3, -0.25) is 0 Å². The van der Waals surface area contributed by atoms with E-state index >= 15 is 0 Å². The fourth-order valence-corrected chi connectivity index (χ4v) is 5.85. The van der Waals surface area contributed by atoms with Gasteiger partial charge < -0.3 is 5.32 Å². The van der Waals surface area contributed by atoms with Crippen molar-refractivity contribution in [3.05, 3.63) is 29.3 Å². The van der Waals surface area contributed by atoms with E-state index in [9.17, 15) is 16.8 Å². The van der Waals surface area contributed by atoms with Crippen molar-refractivity contribution in [2.45, 2.75) is 18.2 Å². The number of nitrogens with one attached hydrogen (secondary N) is 1. The summed E-state index contributed by atoms with van der Waals surface area (Å²) in [7, 11) is -7.23. The zero-order valence-electron chi connectivity index (χ0n) is 14.2. The molecule has 0 bridgehead atoms. The maximum Gasteiger partial charge on any atom is 0.243 e. The molecule has 1 heterocycles. The van der Waals surface area contributed by atoms with Crippen LogP contribution in [0.1, 0.15) is 13.3 Å². The highest BCUT2D eigenvalue weighted by molar-refractivity contribution is 7.90. The molecule has 0 saturated carbocycles. The van der Waals surface area contributed by atoms with E-state index in [1.165, 1.54) is 32.9 Å². The fourth-order valence-electron chi connectivity index (χ4n) is 2.63. The summed E-state index contributed by atoms with van der Waals surface area (Å²) in [6.45, 7) is 4.12. The van der Waals surface area contributed by atoms with Gasteiger partial charge in [-0.25, -0.2) is 16.8 Å². The van der Waals surface area contributed by atoms with E-state index in [2.05, 4.69) is 5.32 Å². The molecule has 142 valence electrons. The zero-order valence-corrected chi connectivity index (χ0v) is 16.6. The summed E-state index contributed by atoms with van der Waals surface area (Å²) in [5, 5.41) is 3.55. The molecule has 7 nitrogen and oxygen atoms in total. The molecule has 0 aromatic heterocycles. The van der Waals surface area contributed by atoms with Crippen LogP contribution in [-0.2, 0) is 20.0 Å². The summed E-state index contributed by atoms with van der Waals surface area (Å²) >= 11 is 5.81. The zero-order chi connectivity index (χ0) is 18.5. The monoisotopic (exact) mass is 409 g/mol. The van der Waals surface area contributed by atoms with Crippen molar-refractivity contribution in [1.29, 1.82) is 0 Å². The Morgan fingerprint density at radius 1 is 1.08 bits per heavy atom. The minimum absolute atomic E-state index is 0.0644. The average Bonchev–Trinajstić information content (AvgIpc) is 2.59. The second-order valence-corrected chi connectivity index (χ2v) is 10.3. The number of piperazine rings is 1. The summed E-state index contributed by atoms with van der Waals surface area (Å²) in [6, 6.07) is 5.89. The molecule has 10 heteroatoms. The molecule has 1 aromatic carbocycles. The second kappa shape index (κ2) is 8.79. The topological polar surface area (TPSA) is 86.8 Å². The number of halogens is 1. The molecule has 25 heavy (non-hydrogen) atoms. The van der Waals surface area contributed by atoms with Gasteiger partial charge in [0.15, 0.2) is 0 Å². The van der Waals surface area contributed by atoms with Crippen LogP contribution in [0.3, 0.4) is 0 Å². The molecule has 1 N–H and O–H groups in total. The fraction of sp³-hybridized carbons (Fsp3) is 0.600. The van der Waals surface area contributed by atoms with Crippen LogP contribution in [-0.4, -0.2) is 70.5 Å².